The van der Waals surface area contributed by atoms with E-state index in [1.165, 1.54) is 16.4 Å². The fourth-order valence-electron chi connectivity index (χ4n) is 1.90. The van der Waals surface area contributed by atoms with E-state index in [4.69, 9.17) is 9.84 Å². The highest BCUT2D eigenvalue weighted by Crippen LogP contribution is 2.12. The fraction of sp³-hybridized carbons (Fsp3) is 0.357. The van der Waals surface area contributed by atoms with Crippen molar-refractivity contribution in [2.75, 3.05) is 20.7 Å². The lowest BCUT2D eigenvalue weighted by Crippen LogP contribution is -2.23. The number of aromatic nitrogens is 3. The van der Waals surface area contributed by atoms with Gasteiger partial charge in [0.25, 0.3) is 0 Å². The predicted octanol–water partition coefficient (Wildman–Crippen LogP) is 1.12. The molecular weight excluding hydrogens is 272 g/mol. The molecule has 0 fully saturated rings. The lowest BCUT2D eigenvalue weighted by Gasteiger charge is -2.16. The molecule has 0 aliphatic heterocycles. The number of methoxy groups -OCH3 is 1. The van der Waals surface area contributed by atoms with Gasteiger partial charge in [0, 0.05) is 13.1 Å². The van der Waals surface area contributed by atoms with E-state index in [1.807, 2.05) is 31.3 Å². The zero-order valence-corrected chi connectivity index (χ0v) is 12.1. The quantitative estimate of drug-likeness (QED) is 0.823. The van der Waals surface area contributed by atoms with Gasteiger partial charge in [-0.15, -0.1) is 5.10 Å². The summed E-state index contributed by atoms with van der Waals surface area (Å²) in [6.07, 6.45) is 1.43. The number of hydrogen-bond acceptors (Lipinski definition) is 5. The van der Waals surface area contributed by atoms with Gasteiger partial charge in [-0.2, -0.15) is 0 Å². The number of nitrogens with zero attached hydrogens (tertiary/aromatic N) is 4. The SMILES string of the molecule is COc1ccc(CN(C)CCn2cc(C(=O)O)nn2)cc1. The minimum atomic E-state index is -1.06. The molecule has 0 aliphatic rings. The topological polar surface area (TPSA) is 80.5 Å². The van der Waals surface area contributed by atoms with Crippen LogP contribution in [0.15, 0.2) is 30.5 Å². The highest BCUT2D eigenvalue weighted by atomic mass is 16.5. The Morgan fingerprint density at radius 3 is 2.67 bits per heavy atom. The number of carboxylic acids is 1. The summed E-state index contributed by atoms with van der Waals surface area (Å²) in [6, 6.07) is 7.90. The van der Waals surface area contributed by atoms with Crippen molar-refractivity contribution < 1.29 is 14.6 Å². The molecular formula is C14H18N4O3. The van der Waals surface area contributed by atoms with Crippen molar-refractivity contribution in [1.82, 2.24) is 19.9 Å². The second-order valence-corrected chi connectivity index (χ2v) is 4.76. The molecule has 21 heavy (non-hydrogen) atoms. The Kier molecular flexibility index (Phi) is 4.89. The predicted molar refractivity (Wildman–Crippen MR) is 76.3 cm³/mol. The third-order valence-corrected chi connectivity index (χ3v) is 3.08. The van der Waals surface area contributed by atoms with Gasteiger partial charge in [-0.1, -0.05) is 17.3 Å². The third kappa shape index (κ3) is 4.28. The molecule has 7 nitrogen and oxygen atoms in total. The van der Waals surface area contributed by atoms with E-state index >= 15 is 0 Å². The van der Waals surface area contributed by atoms with Crippen molar-refractivity contribution in [1.29, 1.82) is 0 Å². The summed E-state index contributed by atoms with van der Waals surface area (Å²) in [5.74, 6) is -0.224. The first-order valence-electron chi connectivity index (χ1n) is 6.53. The molecule has 7 heteroatoms. The summed E-state index contributed by atoms with van der Waals surface area (Å²) < 4.78 is 6.66. The van der Waals surface area contributed by atoms with Gasteiger partial charge in [-0.3, -0.25) is 4.68 Å². The number of hydrogen-bond donors (Lipinski definition) is 1. The van der Waals surface area contributed by atoms with E-state index < -0.39 is 5.97 Å². The molecule has 0 spiro atoms. The number of carbonyl (C=O) groups is 1. The molecule has 1 aromatic heterocycles. The molecule has 0 saturated heterocycles. The van der Waals surface area contributed by atoms with Crippen LogP contribution in [0.25, 0.3) is 0 Å². The zero-order chi connectivity index (χ0) is 15.2. The van der Waals surface area contributed by atoms with E-state index in [1.54, 1.807) is 7.11 Å². The number of ether oxygens (including phenoxy) is 1. The molecule has 1 N–H and O–H groups in total. The van der Waals surface area contributed by atoms with Crippen LogP contribution in [0.4, 0.5) is 0 Å². The summed E-state index contributed by atoms with van der Waals surface area (Å²) in [6.45, 7) is 2.13. The minimum absolute atomic E-state index is 0.0344. The van der Waals surface area contributed by atoms with E-state index in [9.17, 15) is 4.79 Å². The second-order valence-electron chi connectivity index (χ2n) is 4.76. The Morgan fingerprint density at radius 2 is 2.10 bits per heavy atom. The number of likely N-dealkylation sites (N-methyl/N-ethyl adjacent to an activating group) is 1. The maximum atomic E-state index is 10.7. The molecule has 2 rings (SSSR count). The Hall–Kier alpha value is -2.41. The lowest BCUT2D eigenvalue weighted by atomic mass is 10.2. The highest BCUT2D eigenvalue weighted by molar-refractivity contribution is 5.84. The Morgan fingerprint density at radius 1 is 1.38 bits per heavy atom. The maximum Gasteiger partial charge on any atom is 0.358 e. The molecule has 0 unspecified atom stereocenters. The van der Waals surface area contributed by atoms with Gasteiger partial charge < -0.3 is 14.7 Å². The van der Waals surface area contributed by atoms with Crippen LogP contribution in [0.2, 0.25) is 0 Å². The molecule has 0 aliphatic carbocycles. The van der Waals surface area contributed by atoms with Crippen LogP contribution >= 0.6 is 0 Å². The van der Waals surface area contributed by atoms with Gasteiger partial charge in [0.05, 0.1) is 19.9 Å². The highest BCUT2D eigenvalue weighted by Gasteiger charge is 2.08. The summed E-state index contributed by atoms with van der Waals surface area (Å²) >= 11 is 0. The standard InChI is InChI=1S/C14H18N4O3/c1-17(9-11-3-5-12(21-2)6-4-11)7-8-18-10-13(14(19)20)15-16-18/h3-6,10H,7-9H2,1-2H3,(H,19,20). The van der Waals surface area contributed by atoms with Crippen LogP contribution in [-0.4, -0.2) is 51.7 Å². The Balaban J connectivity index is 1.83. The lowest BCUT2D eigenvalue weighted by molar-refractivity contribution is 0.0690. The zero-order valence-electron chi connectivity index (χ0n) is 12.1. The molecule has 0 amide bonds. The van der Waals surface area contributed by atoms with Gasteiger partial charge in [-0.25, -0.2) is 4.79 Å². The van der Waals surface area contributed by atoms with Gasteiger partial charge in [0.15, 0.2) is 5.69 Å². The average Bonchev–Trinajstić information content (AvgIpc) is 2.95. The van der Waals surface area contributed by atoms with Crippen molar-refractivity contribution in [3.63, 3.8) is 0 Å². The van der Waals surface area contributed by atoms with Crippen LogP contribution in [-0.2, 0) is 13.1 Å². The van der Waals surface area contributed by atoms with Crippen molar-refractivity contribution in [3.8, 4) is 5.75 Å². The number of rotatable bonds is 7. The molecule has 1 aromatic carbocycles. The molecule has 0 saturated carbocycles. The number of aromatic carboxylic acids is 1. The van der Waals surface area contributed by atoms with Crippen molar-refractivity contribution >= 4 is 5.97 Å². The van der Waals surface area contributed by atoms with E-state index in [0.29, 0.717) is 6.54 Å². The molecule has 1 heterocycles. The monoisotopic (exact) mass is 290 g/mol. The first-order valence-corrected chi connectivity index (χ1v) is 6.53. The van der Waals surface area contributed by atoms with Crippen LogP contribution < -0.4 is 4.74 Å². The van der Waals surface area contributed by atoms with Crippen molar-refractivity contribution in [2.24, 2.45) is 0 Å². The summed E-state index contributed by atoms with van der Waals surface area (Å²) in [5, 5.41) is 16.1. The molecule has 0 radical (unpaired) electrons. The third-order valence-electron chi connectivity index (χ3n) is 3.08. The number of carboxylic acid groups (broad SMARTS) is 1. The van der Waals surface area contributed by atoms with Crippen LogP contribution in [0.1, 0.15) is 16.1 Å². The molecule has 2 aromatic rings. The summed E-state index contributed by atoms with van der Waals surface area (Å²) in [7, 11) is 3.64. The van der Waals surface area contributed by atoms with E-state index in [0.717, 1.165) is 18.8 Å². The molecule has 112 valence electrons. The van der Waals surface area contributed by atoms with E-state index in [-0.39, 0.29) is 5.69 Å². The molecule has 0 bridgehead atoms. The summed E-state index contributed by atoms with van der Waals surface area (Å²) in [4.78, 5) is 12.8. The van der Waals surface area contributed by atoms with Gasteiger partial charge in [0.1, 0.15) is 5.75 Å². The first-order chi connectivity index (χ1) is 10.1. The Bertz CT molecular complexity index is 595. The van der Waals surface area contributed by atoms with Gasteiger partial charge in [0.2, 0.25) is 0 Å². The van der Waals surface area contributed by atoms with Crippen LogP contribution in [0.3, 0.4) is 0 Å². The Labute approximate surface area is 122 Å². The van der Waals surface area contributed by atoms with Gasteiger partial charge >= 0.3 is 5.97 Å². The largest absolute Gasteiger partial charge is 0.497 e. The van der Waals surface area contributed by atoms with Gasteiger partial charge in [-0.05, 0) is 24.7 Å². The van der Waals surface area contributed by atoms with Crippen molar-refractivity contribution in [2.45, 2.75) is 13.1 Å². The van der Waals surface area contributed by atoms with Crippen LogP contribution in [0.5, 0.6) is 5.75 Å². The maximum absolute atomic E-state index is 10.7. The molecule has 0 atom stereocenters. The summed E-state index contributed by atoms with van der Waals surface area (Å²) in [5.41, 5.74) is 1.15. The van der Waals surface area contributed by atoms with Crippen LogP contribution in [0, 0.1) is 0 Å². The average molecular weight is 290 g/mol. The van der Waals surface area contributed by atoms with E-state index in [2.05, 4.69) is 15.2 Å². The fourth-order valence-corrected chi connectivity index (χ4v) is 1.90. The minimum Gasteiger partial charge on any atom is -0.497 e. The van der Waals surface area contributed by atoms with Crippen molar-refractivity contribution in [3.05, 3.63) is 41.7 Å². The first kappa shape index (κ1) is 15.0. The second kappa shape index (κ2) is 6.85. The smallest absolute Gasteiger partial charge is 0.358 e. The number of benzene rings is 1. The normalized spacial score (nSPS) is 10.8.